The van der Waals surface area contributed by atoms with Crippen molar-refractivity contribution in [3.8, 4) is 17.1 Å². The molecule has 0 fully saturated rings. The summed E-state index contributed by atoms with van der Waals surface area (Å²) in [4.78, 5) is 14.3. The number of hydrogen-bond acceptors (Lipinski definition) is 4. The van der Waals surface area contributed by atoms with Gasteiger partial charge in [0.1, 0.15) is 5.75 Å². The zero-order chi connectivity index (χ0) is 20.1. The molecule has 3 rings (SSSR count). The molecule has 6 nitrogen and oxygen atoms in total. The first-order valence-corrected chi connectivity index (χ1v) is 9.54. The molecule has 0 aliphatic rings. The van der Waals surface area contributed by atoms with Crippen LogP contribution in [0.2, 0.25) is 5.02 Å². The van der Waals surface area contributed by atoms with Gasteiger partial charge in [-0.25, -0.2) is 0 Å². The van der Waals surface area contributed by atoms with E-state index in [1.807, 2.05) is 53.1 Å². The smallest absolute Gasteiger partial charge is 0.224 e. The van der Waals surface area contributed by atoms with E-state index in [-0.39, 0.29) is 5.91 Å². The summed E-state index contributed by atoms with van der Waals surface area (Å²) < 4.78 is 7.51. The lowest BCUT2D eigenvalue weighted by Gasteiger charge is -2.18. The third-order valence-corrected chi connectivity index (χ3v) is 4.94. The minimum absolute atomic E-state index is 0.0174. The zero-order valence-corrected chi connectivity index (χ0v) is 17.3. The van der Waals surface area contributed by atoms with E-state index in [0.717, 1.165) is 16.9 Å². The zero-order valence-electron chi connectivity index (χ0n) is 15.7. The number of aromatic amines is 1. The Bertz CT molecular complexity index is 1010. The summed E-state index contributed by atoms with van der Waals surface area (Å²) in [7, 11) is 3.40. The van der Waals surface area contributed by atoms with E-state index < -0.39 is 0 Å². The highest BCUT2D eigenvalue weighted by molar-refractivity contribution is 7.71. The lowest BCUT2D eigenvalue weighted by atomic mass is 10.2. The normalized spacial score (nSPS) is 10.7. The molecule has 3 aromatic rings. The minimum Gasteiger partial charge on any atom is -0.497 e. The number of carbonyl (C=O) groups is 1. The van der Waals surface area contributed by atoms with Crippen molar-refractivity contribution in [2.45, 2.75) is 19.5 Å². The van der Waals surface area contributed by atoms with Crippen LogP contribution in [0, 0.1) is 4.77 Å². The summed E-state index contributed by atoms with van der Waals surface area (Å²) >= 11 is 11.4. The highest BCUT2D eigenvalue weighted by Gasteiger charge is 2.14. The molecule has 8 heteroatoms. The first-order valence-electron chi connectivity index (χ1n) is 8.76. The Balaban J connectivity index is 1.67. The monoisotopic (exact) mass is 416 g/mol. The molecular weight excluding hydrogens is 396 g/mol. The van der Waals surface area contributed by atoms with Crippen molar-refractivity contribution in [3.05, 3.63) is 63.9 Å². The molecule has 0 unspecified atom stereocenters. The second-order valence-corrected chi connectivity index (χ2v) is 7.19. The van der Waals surface area contributed by atoms with E-state index in [1.165, 1.54) is 0 Å². The number of carbonyl (C=O) groups excluding carboxylic acids is 1. The Labute approximate surface area is 173 Å². The fraction of sp³-hybridized carbons (Fsp3) is 0.250. The van der Waals surface area contributed by atoms with Gasteiger partial charge in [-0.2, -0.15) is 5.10 Å². The minimum atomic E-state index is 0.0174. The molecule has 1 N–H and O–H groups in total. The molecule has 2 aromatic carbocycles. The Hall–Kier alpha value is -2.64. The van der Waals surface area contributed by atoms with Crippen LogP contribution in [-0.4, -0.2) is 39.7 Å². The van der Waals surface area contributed by atoms with Gasteiger partial charge in [0.2, 0.25) is 5.91 Å². The van der Waals surface area contributed by atoms with Crippen LogP contribution in [0.25, 0.3) is 11.4 Å². The van der Waals surface area contributed by atoms with Gasteiger partial charge in [0.15, 0.2) is 10.6 Å². The molecule has 1 heterocycles. The molecule has 0 spiro atoms. The van der Waals surface area contributed by atoms with Crippen LogP contribution in [0.1, 0.15) is 12.0 Å². The average molecular weight is 417 g/mol. The number of H-pyrrole nitrogens is 1. The predicted molar refractivity (Wildman–Crippen MR) is 112 cm³/mol. The summed E-state index contributed by atoms with van der Waals surface area (Å²) in [5.41, 5.74) is 1.88. The molecule has 0 saturated carbocycles. The van der Waals surface area contributed by atoms with Crippen LogP contribution in [0.3, 0.4) is 0 Å². The van der Waals surface area contributed by atoms with Crippen LogP contribution in [0.15, 0.2) is 48.5 Å². The molecule has 1 amide bonds. The van der Waals surface area contributed by atoms with E-state index in [0.29, 0.717) is 35.1 Å². The van der Waals surface area contributed by atoms with Crippen molar-refractivity contribution in [3.63, 3.8) is 0 Å². The number of hydrogen-bond donors (Lipinski definition) is 1. The molecule has 0 atom stereocenters. The molecule has 0 aliphatic carbocycles. The molecule has 0 bridgehead atoms. The largest absolute Gasteiger partial charge is 0.497 e. The van der Waals surface area contributed by atoms with Gasteiger partial charge < -0.3 is 9.64 Å². The first kappa shape index (κ1) is 20.1. The van der Waals surface area contributed by atoms with Crippen LogP contribution >= 0.6 is 23.8 Å². The average Bonchev–Trinajstić information content (AvgIpc) is 3.06. The molecule has 0 saturated heterocycles. The van der Waals surface area contributed by atoms with Crippen molar-refractivity contribution < 1.29 is 9.53 Å². The third-order valence-electron chi connectivity index (χ3n) is 4.39. The second kappa shape index (κ2) is 9.03. The van der Waals surface area contributed by atoms with E-state index in [4.69, 9.17) is 28.6 Å². The second-order valence-electron chi connectivity index (χ2n) is 6.36. The highest BCUT2D eigenvalue weighted by Crippen LogP contribution is 2.21. The standard InChI is InChI=1S/C20H21ClN4O2S/c1-24(13-14-4-3-5-16(21)12-14)18(26)10-11-25-19(22-23-20(25)28)15-6-8-17(27-2)9-7-15/h3-9,12H,10-11,13H2,1-2H3,(H,23,28). The first-order chi connectivity index (χ1) is 13.5. The van der Waals surface area contributed by atoms with E-state index in [1.54, 1.807) is 19.1 Å². The number of aromatic nitrogens is 3. The SMILES string of the molecule is COc1ccc(-c2n[nH]c(=S)n2CCC(=O)N(C)Cc2cccc(Cl)c2)cc1. The predicted octanol–water partition coefficient (Wildman–Crippen LogP) is 4.32. The van der Waals surface area contributed by atoms with Crippen LogP contribution in [-0.2, 0) is 17.9 Å². The maximum absolute atomic E-state index is 12.6. The summed E-state index contributed by atoms with van der Waals surface area (Å²) in [6, 6.07) is 15.0. The van der Waals surface area contributed by atoms with Crippen LogP contribution in [0.5, 0.6) is 5.75 Å². The van der Waals surface area contributed by atoms with Crippen molar-refractivity contribution in [1.29, 1.82) is 0 Å². The van der Waals surface area contributed by atoms with Gasteiger partial charge in [-0.1, -0.05) is 23.7 Å². The topological polar surface area (TPSA) is 63.1 Å². The van der Waals surface area contributed by atoms with Gasteiger partial charge in [0.25, 0.3) is 0 Å². The highest BCUT2D eigenvalue weighted by atomic mass is 35.5. The molecule has 0 radical (unpaired) electrons. The van der Waals surface area contributed by atoms with Gasteiger partial charge in [-0.05, 0) is 54.2 Å². The summed E-state index contributed by atoms with van der Waals surface area (Å²) in [5.74, 6) is 1.48. The van der Waals surface area contributed by atoms with Gasteiger partial charge in [-0.3, -0.25) is 14.5 Å². The molecular formula is C20H21ClN4O2S. The van der Waals surface area contributed by atoms with Crippen LogP contribution in [0.4, 0.5) is 0 Å². The molecule has 1 aromatic heterocycles. The number of nitrogens with zero attached hydrogens (tertiary/aromatic N) is 3. The number of benzene rings is 2. The number of rotatable bonds is 7. The number of ether oxygens (including phenoxy) is 1. The van der Waals surface area contributed by atoms with E-state index >= 15 is 0 Å². The van der Waals surface area contributed by atoms with Gasteiger partial charge in [-0.15, -0.1) is 0 Å². The number of nitrogens with one attached hydrogen (secondary N) is 1. The summed E-state index contributed by atoms with van der Waals surface area (Å²) in [6.07, 6.45) is 0.314. The maximum Gasteiger partial charge on any atom is 0.224 e. The third kappa shape index (κ3) is 4.79. The fourth-order valence-corrected chi connectivity index (χ4v) is 3.32. The summed E-state index contributed by atoms with van der Waals surface area (Å²) in [5, 5.41) is 7.77. The van der Waals surface area contributed by atoms with Crippen molar-refractivity contribution in [2.75, 3.05) is 14.2 Å². The number of halogens is 1. The van der Waals surface area contributed by atoms with E-state index in [9.17, 15) is 4.79 Å². The van der Waals surface area contributed by atoms with E-state index in [2.05, 4.69) is 10.2 Å². The lowest BCUT2D eigenvalue weighted by molar-refractivity contribution is -0.130. The van der Waals surface area contributed by atoms with Gasteiger partial charge >= 0.3 is 0 Å². The van der Waals surface area contributed by atoms with Crippen molar-refractivity contribution >= 4 is 29.7 Å². The van der Waals surface area contributed by atoms with Crippen LogP contribution < -0.4 is 4.74 Å². The van der Waals surface area contributed by atoms with Gasteiger partial charge in [0.05, 0.1) is 7.11 Å². The maximum atomic E-state index is 12.6. The quantitative estimate of drug-likeness (QED) is 0.582. The van der Waals surface area contributed by atoms with Gasteiger partial charge in [0, 0.05) is 37.1 Å². The molecule has 146 valence electrons. The Kier molecular flexibility index (Phi) is 6.49. The summed E-state index contributed by atoms with van der Waals surface area (Å²) in [6.45, 7) is 0.941. The molecule has 28 heavy (non-hydrogen) atoms. The number of amides is 1. The Morgan fingerprint density at radius 2 is 2.04 bits per heavy atom. The number of methoxy groups -OCH3 is 1. The molecule has 0 aliphatic heterocycles. The lowest BCUT2D eigenvalue weighted by Crippen LogP contribution is -2.27. The van der Waals surface area contributed by atoms with Crippen molar-refractivity contribution in [2.24, 2.45) is 0 Å². The Morgan fingerprint density at radius 1 is 1.29 bits per heavy atom. The fourth-order valence-electron chi connectivity index (χ4n) is 2.88. The Morgan fingerprint density at radius 3 is 2.71 bits per heavy atom. The van der Waals surface area contributed by atoms with Crippen molar-refractivity contribution in [1.82, 2.24) is 19.7 Å².